The molecule has 1 fully saturated rings. The maximum absolute atomic E-state index is 4.50. The Labute approximate surface area is 59.6 Å². The van der Waals surface area contributed by atoms with Crippen LogP contribution in [0.1, 0.15) is 0 Å². The summed E-state index contributed by atoms with van der Waals surface area (Å²) in [5.74, 6) is 0. The summed E-state index contributed by atoms with van der Waals surface area (Å²) in [6.45, 7) is 1.00. The maximum atomic E-state index is 4.50. The summed E-state index contributed by atoms with van der Waals surface area (Å²) in [6.07, 6.45) is 3.50. The van der Waals surface area contributed by atoms with Crippen molar-refractivity contribution in [2.45, 2.75) is 0 Å². The normalized spacial score (nSPS) is 14.4. The Morgan fingerprint density at radius 1 is 0.900 bits per heavy atom. The number of ether oxygens (including phenoxy) is 2. The molecule has 0 N–H and O–H groups in total. The van der Waals surface area contributed by atoms with E-state index in [1.807, 2.05) is 18.2 Å². The first kappa shape index (κ1) is 7.18. The molecule has 1 saturated heterocycles. The Morgan fingerprint density at radius 3 is 1.50 bits per heavy atom. The number of aromatic nitrogens is 1. The smallest absolute Gasteiger partial charge is 0.152 e. The Morgan fingerprint density at radius 2 is 1.40 bits per heavy atom. The molecule has 2 rings (SSSR count). The van der Waals surface area contributed by atoms with E-state index < -0.39 is 0 Å². The van der Waals surface area contributed by atoms with E-state index in [9.17, 15) is 0 Å². The lowest BCUT2D eigenvalue weighted by molar-refractivity contribution is -0.247. The first-order chi connectivity index (χ1) is 5.00. The van der Waals surface area contributed by atoms with Crippen LogP contribution in [0, 0.1) is 0 Å². The topological polar surface area (TPSA) is 31.4 Å². The van der Waals surface area contributed by atoms with Crippen molar-refractivity contribution < 1.29 is 9.47 Å². The Kier molecular flexibility index (Phi) is 3.52. The molecule has 1 aliphatic heterocycles. The molecule has 1 aromatic heterocycles. The molecule has 1 aliphatic rings. The molecule has 0 unspecified atom stereocenters. The van der Waals surface area contributed by atoms with Gasteiger partial charge in [0, 0.05) is 12.4 Å². The average molecular weight is 139 g/mol. The van der Waals surface area contributed by atoms with Crippen LogP contribution in [0.4, 0.5) is 0 Å². The van der Waals surface area contributed by atoms with Crippen LogP contribution >= 0.6 is 0 Å². The van der Waals surface area contributed by atoms with Crippen LogP contribution in [0.25, 0.3) is 0 Å². The highest BCUT2D eigenvalue weighted by molar-refractivity contribution is 4.88. The van der Waals surface area contributed by atoms with E-state index in [1.54, 1.807) is 12.4 Å². The highest BCUT2D eigenvalue weighted by Gasteiger charge is 1.93. The summed E-state index contributed by atoms with van der Waals surface area (Å²) >= 11 is 0. The van der Waals surface area contributed by atoms with Crippen LogP contribution in [0.2, 0.25) is 0 Å². The molecule has 0 amide bonds. The molecule has 0 radical (unpaired) electrons. The van der Waals surface area contributed by atoms with E-state index in [2.05, 4.69) is 14.5 Å². The first-order valence-electron chi connectivity index (χ1n) is 3.00. The maximum Gasteiger partial charge on any atom is 0.152 e. The fraction of sp³-hybridized carbons (Fsp3) is 0.286. The third-order valence-electron chi connectivity index (χ3n) is 0.900. The van der Waals surface area contributed by atoms with Gasteiger partial charge < -0.3 is 9.47 Å². The largest absolute Gasteiger partial charge is 0.329 e. The van der Waals surface area contributed by atoms with E-state index in [4.69, 9.17) is 0 Å². The van der Waals surface area contributed by atoms with Gasteiger partial charge in [-0.25, -0.2) is 0 Å². The molecule has 2 heterocycles. The monoisotopic (exact) mass is 139 g/mol. The minimum Gasteiger partial charge on any atom is -0.329 e. The predicted octanol–water partition coefficient (Wildman–Crippen LogP) is 1.03. The van der Waals surface area contributed by atoms with Crippen molar-refractivity contribution in [2.24, 2.45) is 0 Å². The van der Waals surface area contributed by atoms with E-state index in [0.717, 1.165) is 0 Å². The third-order valence-corrected chi connectivity index (χ3v) is 0.900. The summed E-state index contributed by atoms with van der Waals surface area (Å²) in [5, 5.41) is 0. The van der Waals surface area contributed by atoms with Gasteiger partial charge in [0.25, 0.3) is 0 Å². The molecule has 0 atom stereocenters. The van der Waals surface area contributed by atoms with Crippen molar-refractivity contribution in [3.63, 3.8) is 0 Å². The number of nitrogens with zero attached hydrogens (tertiary/aromatic N) is 1. The van der Waals surface area contributed by atoms with Gasteiger partial charge in [-0.3, -0.25) is 4.98 Å². The SMILES string of the molecule is C1OCO1.c1ccncc1. The van der Waals surface area contributed by atoms with Crippen LogP contribution < -0.4 is 0 Å². The fourth-order valence-corrected chi connectivity index (χ4v) is 0.396. The molecule has 3 heteroatoms. The minimum atomic E-state index is 0.500. The number of rotatable bonds is 0. The highest BCUT2D eigenvalue weighted by atomic mass is 16.8. The third kappa shape index (κ3) is 3.17. The summed E-state index contributed by atoms with van der Waals surface area (Å²) in [4.78, 5) is 3.78. The molecular weight excluding hydrogens is 130 g/mol. The summed E-state index contributed by atoms with van der Waals surface area (Å²) in [7, 11) is 0. The van der Waals surface area contributed by atoms with E-state index in [1.165, 1.54) is 0 Å². The Balaban J connectivity index is 0.000000108. The molecule has 0 aliphatic carbocycles. The Bertz CT molecular complexity index is 120. The van der Waals surface area contributed by atoms with Crippen LogP contribution in [-0.2, 0) is 9.47 Å². The van der Waals surface area contributed by atoms with Gasteiger partial charge in [0.1, 0.15) is 0 Å². The van der Waals surface area contributed by atoms with Crippen molar-refractivity contribution in [3.8, 4) is 0 Å². The molecule has 0 saturated carbocycles. The van der Waals surface area contributed by atoms with Gasteiger partial charge in [-0.2, -0.15) is 0 Å². The van der Waals surface area contributed by atoms with Gasteiger partial charge in [-0.1, -0.05) is 6.07 Å². The molecule has 10 heavy (non-hydrogen) atoms. The lowest BCUT2D eigenvalue weighted by Gasteiger charge is -2.10. The van der Waals surface area contributed by atoms with Crippen molar-refractivity contribution in [1.29, 1.82) is 0 Å². The average Bonchev–Trinajstić information content (AvgIpc) is 1.88. The molecule has 0 aromatic carbocycles. The lowest BCUT2D eigenvalue weighted by Crippen LogP contribution is -2.14. The summed E-state index contributed by atoms with van der Waals surface area (Å²) < 4.78 is 9.00. The van der Waals surface area contributed by atoms with E-state index in [-0.39, 0.29) is 0 Å². The molecule has 0 bridgehead atoms. The lowest BCUT2D eigenvalue weighted by atomic mass is 10.5. The van der Waals surface area contributed by atoms with E-state index in [0.29, 0.717) is 13.6 Å². The van der Waals surface area contributed by atoms with E-state index >= 15 is 0 Å². The second-order valence-corrected chi connectivity index (χ2v) is 1.67. The zero-order valence-corrected chi connectivity index (χ0v) is 5.56. The molecule has 0 spiro atoms. The van der Waals surface area contributed by atoms with Crippen molar-refractivity contribution in [2.75, 3.05) is 13.6 Å². The molecule has 1 aromatic rings. The van der Waals surface area contributed by atoms with Crippen LogP contribution in [0.15, 0.2) is 30.6 Å². The fourth-order valence-electron chi connectivity index (χ4n) is 0.396. The van der Waals surface area contributed by atoms with Gasteiger partial charge in [-0.05, 0) is 12.1 Å². The van der Waals surface area contributed by atoms with Crippen LogP contribution in [0.5, 0.6) is 0 Å². The van der Waals surface area contributed by atoms with Gasteiger partial charge in [0.15, 0.2) is 13.6 Å². The molecule has 3 nitrogen and oxygen atoms in total. The van der Waals surface area contributed by atoms with Crippen molar-refractivity contribution >= 4 is 0 Å². The predicted molar refractivity (Wildman–Crippen MR) is 36.1 cm³/mol. The van der Waals surface area contributed by atoms with Gasteiger partial charge in [-0.15, -0.1) is 0 Å². The van der Waals surface area contributed by atoms with Crippen molar-refractivity contribution in [3.05, 3.63) is 30.6 Å². The van der Waals surface area contributed by atoms with Gasteiger partial charge >= 0.3 is 0 Å². The second kappa shape index (κ2) is 4.90. The molecular formula is C7H9NO2. The zero-order valence-electron chi connectivity index (χ0n) is 5.56. The summed E-state index contributed by atoms with van der Waals surface area (Å²) in [5.41, 5.74) is 0. The minimum absolute atomic E-state index is 0.500. The zero-order chi connectivity index (χ0) is 7.07. The highest BCUT2D eigenvalue weighted by Crippen LogP contribution is 1.87. The van der Waals surface area contributed by atoms with Gasteiger partial charge in [0.2, 0.25) is 0 Å². The number of hydrogen-bond acceptors (Lipinski definition) is 3. The van der Waals surface area contributed by atoms with Crippen molar-refractivity contribution in [1.82, 2.24) is 4.98 Å². The van der Waals surface area contributed by atoms with Gasteiger partial charge in [0.05, 0.1) is 0 Å². The number of pyridine rings is 1. The molecule has 54 valence electrons. The second-order valence-electron chi connectivity index (χ2n) is 1.67. The van der Waals surface area contributed by atoms with Crippen LogP contribution in [0.3, 0.4) is 0 Å². The summed E-state index contributed by atoms with van der Waals surface area (Å²) in [6, 6.07) is 5.72. The first-order valence-corrected chi connectivity index (χ1v) is 3.00. The quantitative estimate of drug-likeness (QED) is 0.538. The Hall–Kier alpha value is -0.930. The number of hydrogen-bond donors (Lipinski definition) is 0. The standard InChI is InChI=1S/C5H5N.C2H4O2/c1-2-4-6-5-3-1;1-3-2-4-1/h1-5H;1-2H2. The van der Waals surface area contributed by atoms with Crippen LogP contribution in [-0.4, -0.2) is 18.6 Å².